The van der Waals surface area contributed by atoms with Crippen molar-refractivity contribution >= 4 is 22.9 Å². The maximum absolute atomic E-state index is 5.98. The molecule has 0 aliphatic heterocycles. The first-order chi connectivity index (χ1) is 8.20. The van der Waals surface area contributed by atoms with E-state index in [1.807, 2.05) is 30.8 Å². The van der Waals surface area contributed by atoms with Crippen LogP contribution in [0.2, 0.25) is 5.02 Å². The van der Waals surface area contributed by atoms with E-state index in [9.17, 15) is 0 Å². The van der Waals surface area contributed by atoms with Gasteiger partial charge in [-0.15, -0.1) is 11.3 Å². The summed E-state index contributed by atoms with van der Waals surface area (Å²) in [6.45, 7) is 2.09. The molecular formula is C13H15ClN2S. The van der Waals surface area contributed by atoms with Crippen molar-refractivity contribution in [2.45, 2.75) is 19.4 Å². The van der Waals surface area contributed by atoms with Crippen molar-refractivity contribution in [1.82, 2.24) is 10.3 Å². The van der Waals surface area contributed by atoms with Crippen LogP contribution in [0, 0.1) is 6.92 Å². The molecule has 0 bridgehead atoms. The van der Waals surface area contributed by atoms with Crippen LogP contribution in [-0.2, 0) is 6.42 Å². The number of benzene rings is 1. The zero-order valence-electron chi connectivity index (χ0n) is 9.90. The molecule has 90 valence electrons. The van der Waals surface area contributed by atoms with E-state index in [0.29, 0.717) is 6.04 Å². The minimum atomic E-state index is 0.290. The number of thiazole rings is 1. The lowest BCUT2D eigenvalue weighted by Crippen LogP contribution is -2.19. The second-order valence-corrected chi connectivity index (χ2v) is 5.39. The summed E-state index contributed by atoms with van der Waals surface area (Å²) in [5, 5.41) is 7.29. The van der Waals surface area contributed by atoms with Crippen LogP contribution < -0.4 is 5.32 Å². The fourth-order valence-electron chi connectivity index (χ4n) is 1.93. The van der Waals surface area contributed by atoms with E-state index in [-0.39, 0.29) is 0 Å². The smallest absolute Gasteiger partial charge is 0.0943 e. The number of nitrogens with one attached hydrogen (secondary N) is 1. The van der Waals surface area contributed by atoms with E-state index in [0.717, 1.165) is 16.5 Å². The fourth-order valence-corrected chi connectivity index (χ4v) is 2.82. The summed E-state index contributed by atoms with van der Waals surface area (Å²) in [6, 6.07) is 6.32. The van der Waals surface area contributed by atoms with Crippen LogP contribution in [0.1, 0.15) is 22.2 Å². The molecule has 1 aromatic carbocycles. The van der Waals surface area contributed by atoms with E-state index in [1.165, 1.54) is 11.1 Å². The molecule has 1 atom stereocenters. The first-order valence-corrected chi connectivity index (χ1v) is 6.78. The monoisotopic (exact) mass is 266 g/mol. The zero-order chi connectivity index (χ0) is 12.3. The van der Waals surface area contributed by atoms with Crippen LogP contribution in [0.25, 0.3) is 0 Å². The van der Waals surface area contributed by atoms with Gasteiger partial charge in [-0.3, -0.25) is 0 Å². The average Bonchev–Trinajstić information content (AvgIpc) is 2.79. The van der Waals surface area contributed by atoms with Crippen molar-refractivity contribution in [3.8, 4) is 0 Å². The van der Waals surface area contributed by atoms with Gasteiger partial charge in [-0.1, -0.05) is 17.7 Å². The number of rotatable bonds is 4. The molecule has 0 radical (unpaired) electrons. The highest BCUT2D eigenvalue weighted by molar-refractivity contribution is 7.09. The summed E-state index contributed by atoms with van der Waals surface area (Å²) in [5.41, 5.74) is 2.50. The highest BCUT2D eigenvalue weighted by Gasteiger charge is 2.13. The Bertz CT molecular complexity index is 482. The summed E-state index contributed by atoms with van der Waals surface area (Å²) < 4.78 is 0. The van der Waals surface area contributed by atoms with Crippen molar-refractivity contribution in [2.24, 2.45) is 0 Å². The van der Waals surface area contributed by atoms with Crippen LogP contribution in [0.15, 0.2) is 29.8 Å². The lowest BCUT2D eigenvalue weighted by molar-refractivity contribution is 0.587. The molecule has 0 saturated heterocycles. The number of halogens is 1. The Labute approximate surface area is 111 Å². The molecule has 17 heavy (non-hydrogen) atoms. The van der Waals surface area contributed by atoms with Gasteiger partial charge in [0.25, 0.3) is 0 Å². The molecule has 0 saturated carbocycles. The Balaban J connectivity index is 2.23. The van der Waals surface area contributed by atoms with Gasteiger partial charge in [0.1, 0.15) is 0 Å². The second kappa shape index (κ2) is 5.63. The standard InChI is InChI=1S/C13H15ClN2S/c1-9-7-10(14)3-4-11(9)12(15-2)8-13-16-5-6-17-13/h3-7,12,15H,8H2,1-2H3. The van der Waals surface area contributed by atoms with Crippen molar-refractivity contribution < 1.29 is 0 Å². The number of aromatic nitrogens is 1. The first-order valence-electron chi connectivity index (χ1n) is 5.52. The van der Waals surface area contributed by atoms with Gasteiger partial charge in [0, 0.05) is 29.1 Å². The molecule has 2 rings (SSSR count). The maximum Gasteiger partial charge on any atom is 0.0943 e. The number of hydrogen-bond donors (Lipinski definition) is 1. The molecule has 1 unspecified atom stereocenters. The van der Waals surface area contributed by atoms with Crippen LogP contribution in [0.3, 0.4) is 0 Å². The molecule has 2 aromatic rings. The number of nitrogens with zero attached hydrogens (tertiary/aromatic N) is 1. The lowest BCUT2D eigenvalue weighted by atomic mass is 9.99. The van der Waals surface area contributed by atoms with Crippen molar-refractivity contribution in [1.29, 1.82) is 0 Å². The molecular weight excluding hydrogens is 252 g/mol. The second-order valence-electron chi connectivity index (χ2n) is 3.97. The van der Waals surface area contributed by atoms with E-state index in [1.54, 1.807) is 11.3 Å². The molecule has 4 heteroatoms. The Kier molecular flexibility index (Phi) is 4.15. The zero-order valence-corrected chi connectivity index (χ0v) is 11.5. The summed E-state index contributed by atoms with van der Waals surface area (Å²) in [7, 11) is 1.98. The molecule has 0 fully saturated rings. The largest absolute Gasteiger partial charge is 0.313 e. The van der Waals surface area contributed by atoms with Gasteiger partial charge in [-0.2, -0.15) is 0 Å². The highest BCUT2D eigenvalue weighted by atomic mass is 35.5. The quantitative estimate of drug-likeness (QED) is 0.915. The SMILES string of the molecule is CNC(Cc1nccs1)c1ccc(Cl)cc1C. The summed E-state index contributed by atoms with van der Waals surface area (Å²) in [6.07, 6.45) is 2.76. The van der Waals surface area contributed by atoms with Gasteiger partial charge in [-0.25, -0.2) is 4.98 Å². The maximum atomic E-state index is 5.98. The first kappa shape index (κ1) is 12.6. The number of aryl methyl sites for hydroxylation is 1. The molecule has 0 aliphatic carbocycles. The minimum Gasteiger partial charge on any atom is -0.313 e. The third kappa shape index (κ3) is 3.06. The number of likely N-dealkylation sites (N-methyl/N-ethyl adjacent to an activating group) is 1. The van der Waals surface area contributed by atoms with Crippen LogP contribution >= 0.6 is 22.9 Å². The predicted octanol–water partition coefficient (Wildman–Crippen LogP) is 3.61. The minimum absolute atomic E-state index is 0.290. The highest BCUT2D eigenvalue weighted by Crippen LogP contribution is 2.24. The fraction of sp³-hybridized carbons (Fsp3) is 0.308. The molecule has 1 heterocycles. The van der Waals surface area contributed by atoms with Gasteiger partial charge in [0.05, 0.1) is 5.01 Å². The Hall–Kier alpha value is -0.900. The average molecular weight is 267 g/mol. The van der Waals surface area contributed by atoms with Gasteiger partial charge in [0.15, 0.2) is 0 Å². The topological polar surface area (TPSA) is 24.9 Å². The van der Waals surface area contributed by atoms with Crippen molar-refractivity contribution in [2.75, 3.05) is 7.05 Å². The summed E-state index contributed by atoms with van der Waals surface area (Å²) in [5.74, 6) is 0. The predicted molar refractivity (Wildman–Crippen MR) is 73.8 cm³/mol. The third-order valence-electron chi connectivity index (χ3n) is 2.82. The van der Waals surface area contributed by atoms with Gasteiger partial charge < -0.3 is 5.32 Å². The van der Waals surface area contributed by atoms with Gasteiger partial charge in [-0.05, 0) is 37.2 Å². The lowest BCUT2D eigenvalue weighted by Gasteiger charge is -2.18. The van der Waals surface area contributed by atoms with Crippen LogP contribution in [-0.4, -0.2) is 12.0 Å². The van der Waals surface area contributed by atoms with Crippen LogP contribution in [0.5, 0.6) is 0 Å². The van der Waals surface area contributed by atoms with E-state index in [2.05, 4.69) is 23.3 Å². The van der Waals surface area contributed by atoms with E-state index >= 15 is 0 Å². The van der Waals surface area contributed by atoms with Crippen molar-refractivity contribution in [3.05, 3.63) is 50.9 Å². The van der Waals surface area contributed by atoms with Gasteiger partial charge >= 0.3 is 0 Å². The summed E-state index contributed by atoms with van der Waals surface area (Å²) in [4.78, 5) is 4.33. The molecule has 0 spiro atoms. The Morgan fingerprint density at radius 2 is 2.29 bits per heavy atom. The Morgan fingerprint density at radius 1 is 1.47 bits per heavy atom. The summed E-state index contributed by atoms with van der Waals surface area (Å²) >= 11 is 7.67. The van der Waals surface area contributed by atoms with Crippen LogP contribution in [0.4, 0.5) is 0 Å². The van der Waals surface area contributed by atoms with Gasteiger partial charge in [0.2, 0.25) is 0 Å². The van der Waals surface area contributed by atoms with E-state index < -0.39 is 0 Å². The molecule has 1 N–H and O–H groups in total. The molecule has 1 aromatic heterocycles. The Morgan fingerprint density at radius 3 is 2.88 bits per heavy atom. The normalized spacial score (nSPS) is 12.6. The number of hydrogen-bond acceptors (Lipinski definition) is 3. The van der Waals surface area contributed by atoms with E-state index in [4.69, 9.17) is 11.6 Å². The van der Waals surface area contributed by atoms with Crippen molar-refractivity contribution in [3.63, 3.8) is 0 Å². The molecule has 0 aliphatic rings. The third-order valence-corrected chi connectivity index (χ3v) is 3.85. The molecule has 0 amide bonds. The molecule has 2 nitrogen and oxygen atoms in total.